The fourth-order valence-corrected chi connectivity index (χ4v) is 3.04. The number of para-hydroxylation sites is 1. The molecule has 0 aliphatic carbocycles. The molecule has 8 heteroatoms. The van der Waals surface area contributed by atoms with Crippen LogP contribution >= 0.6 is 11.8 Å². The Balaban J connectivity index is 3.03. The van der Waals surface area contributed by atoms with Crippen LogP contribution in [0.15, 0.2) is 24.3 Å². The minimum atomic E-state index is -0.740. The fourth-order valence-electron chi connectivity index (χ4n) is 2.57. The molecular formula is C18H29N3O4S. The van der Waals surface area contributed by atoms with E-state index in [1.54, 1.807) is 18.7 Å². The van der Waals surface area contributed by atoms with E-state index in [-0.39, 0.29) is 19.0 Å². The number of aliphatic hydroxyl groups is 1. The van der Waals surface area contributed by atoms with Gasteiger partial charge < -0.3 is 25.8 Å². The summed E-state index contributed by atoms with van der Waals surface area (Å²) in [7, 11) is 0. The molecule has 0 spiro atoms. The normalized spacial score (nSPS) is 12.9. The second-order valence-electron chi connectivity index (χ2n) is 5.95. The molecule has 0 fully saturated rings. The molecule has 0 saturated heterocycles. The smallest absolute Gasteiger partial charge is 0.312 e. The Labute approximate surface area is 159 Å². The average molecular weight is 384 g/mol. The van der Waals surface area contributed by atoms with E-state index in [1.807, 2.05) is 37.4 Å². The number of carbonyl (C=O) groups excluding carboxylic acids is 2. The predicted octanol–water partition coefficient (Wildman–Crippen LogP) is 1.58. The van der Waals surface area contributed by atoms with Gasteiger partial charge in [0.25, 0.3) is 0 Å². The van der Waals surface area contributed by atoms with E-state index in [2.05, 4.69) is 5.32 Å². The third-order valence-corrected chi connectivity index (χ3v) is 4.30. The largest absolute Gasteiger partial charge is 0.494 e. The number of rotatable bonds is 11. The van der Waals surface area contributed by atoms with E-state index >= 15 is 0 Å². The van der Waals surface area contributed by atoms with Gasteiger partial charge in [-0.15, -0.1) is 0 Å². The average Bonchev–Trinajstić information content (AvgIpc) is 2.58. The van der Waals surface area contributed by atoms with Gasteiger partial charge >= 0.3 is 6.03 Å². The van der Waals surface area contributed by atoms with Crippen LogP contribution in [0.2, 0.25) is 0 Å². The zero-order chi connectivity index (χ0) is 19.5. The van der Waals surface area contributed by atoms with Crippen molar-refractivity contribution in [1.29, 1.82) is 0 Å². The minimum absolute atomic E-state index is 0.148. The SMILES string of the molecule is CCOc1ccccc1CN(C[C@H](C)O)C(=O)[C@H](CCSC)NC(N)=O. The first-order valence-electron chi connectivity index (χ1n) is 8.61. The Morgan fingerprint density at radius 2 is 2.08 bits per heavy atom. The summed E-state index contributed by atoms with van der Waals surface area (Å²) in [5, 5.41) is 12.3. The van der Waals surface area contributed by atoms with Crippen LogP contribution in [0.5, 0.6) is 5.75 Å². The Morgan fingerprint density at radius 3 is 2.65 bits per heavy atom. The molecule has 7 nitrogen and oxygen atoms in total. The first-order chi connectivity index (χ1) is 12.4. The molecule has 4 N–H and O–H groups in total. The van der Waals surface area contributed by atoms with Gasteiger partial charge in [-0.05, 0) is 38.3 Å². The quantitative estimate of drug-likeness (QED) is 0.538. The van der Waals surface area contributed by atoms with Crippen LogP contribution in [0, 0.1) is 0 Å². The highest BCUT2D eigenvalue weighted by molar-refractivity contribution is 7.98. The van der Waals surface area contributed by atoms with Crippen molar-refractivity contribution in [2.45, 2.75) is 39.0 Å². The van der Waals surface area contributed by atoms with Crippen LogP contribution in [0.25, 0.3) is 0 Å². The maximum Gasteiger partial charge on any atom is 0.312 e. The van der Waals surface area contributed by atoms with Gasteiger partial charge in [0.1, 0.15) is 11.8 Å². The highest BCUT2D eigenvalue weighted by Gasteiger charge is 2.26. The number of thioether (sulfide) groups is 1. The summed E-state index contributed by atoms with van der Waals surface area (Å²) >= 11 is 1.58. The summed E-state index contributed by atoms with van der Waals surface area (Å²) in [4.78, 5) is 25.8. The van der Waals surface area contributed by atoms with E-state index in [0.717, 1.165) is 5.56 Å². The molecule has 2 atom stereocenters. The van der Waals surface area contributed by atoms with Gasteiger partial charge in [-0.1, -0.05) is 18.2 Å². The first-order valence-corrected chi connectivity index (χ1v) is 10.0. The molecule has 1 rings (SSSR count). The highest BCUT2D eigenvalue weighted by atomic mass is 32.2. The van der Waals surface area contributed by atoms with Crippen LogP contribution in [-0.2, 0) is 11.3 Å². The van der Waals surface area contributed by atoms with Crippen molar-refractivity contribution in [3.8, 4) is 5.75 Å². The maximum absolute atomic E-state index is 13.0. The van der Waals surface area contributed by atoms with Crippen molar-refractivity contribution >= 4 is 23.7 Å². The van der Waals surface area contributed by atoms with E-state index in [9.17, 15) is 14.7 Å². The number of urea groups is 1. The molecule has 0 saturated carbocycles. The molecule has 0 aliphatic heterocycles. The maximum atomic E-state index is 13.0. The molecule has 1 aromatic carbocycles. The van der Waals surface area contributed by atoms with Gasteiger partial charge in [0, 0.05) is 18.7 Å². The van der Waals surface area contributed by atoms with Gasteiger partial charge in [0.05, 0.1) is 12.7 Å². The Bertz CT molecular complexity index is 583. The molecule has 3 amide bonds. The lowest BCUT2D eigenvalue weighted by Gasteiger charge is -2.29. The molecule has 0 radical (unpaired) electrons. The number of carbonyl (C=O) groups is 2. The number of nitrogens with two attached hydrogens (primary N) is 1. The van der Waals surface area contributed by atoms with Crippen LogP contribution < -0.4 is 15.8 Å². The number of aliphatic hydroxyl groups excluding tert-OH is 1. The second-order valence-corrected chi connectivity index (χ2v) is 6.94. The Morgan fingerprint density at radius 1 is 1.38 bits per heavy atom. The number of ether oxygens (including phenoxy) is 1. The number of primary amides is 1. The van der Waals surface area contributed by atoms with E-state index in [0.29, 0.717) is 24.5 Å². The summed E-state index contributed by atoms with van der Waals surface area (Å²) < 4.78 is 5.62. The van der Waals surface area contributed by atoms with Crippen molar-refractivity contribution in [2.75, 3.05) is 25.2 Å². The summed E-state index contributed by atoms with van der Waals surface area (Å²) in [6.45, 7) is 4.45. The lowest BCUT2D eigenvalue weighted by molar-refractivity contribution is -0.135. The predicted molar refractivity (Wildman–Crippen MR) is 104 cm³/mol. The fraction of sp³-hybridized carbons (Fsp3) is 0.556. The topological polar surface area (TPSA) is 105 Å². The molecule has 0 aromatic heterocycles. The van der Waals surface area contributed by atoms with Crippen molar-refractivity contribution in [3.05, 3.63) is 29.8 Å². The molecule has 0 unspecified atom stereocenters. The van der Waals surface area contributed by atoms with Crippen molar-refractivity contribution < 1.29 is 19.4 Å². The molecule has 0 aliphatic rings. The van der Waals surface area contributed by atoms with Crippen LogP contribution in [0.1, 0.15) is 25.8 Å². The Kier molecular flexibility index (Phi) is 9.90. The molecule has 0 heterocycles. The highest BCUT2D eigenvalue weighted by Crippen LogP contribution is 2.21. The zero-order valence-corrected chi connectivity index (χ0v) is 16.4. The monoisotopic (exact) mass is 383 g/mol. The van der Waals surface area contributed by atoms with Gasteiger partial charge in [-0.25, -0.2) is 4.79 Å². The van der Waals surface area contributed by atoms with Gasteiger partial charge in [-0.3, -0.25) is 4.79 Å². The van der Waals surface area contributed by atoms with Crippen molar-refractivity contribution in [2.24, 2.45) is 5.73 Å². The van der Waals surface area contributed by atoms with Gasteiger partial charge in [0.15, 0.2) is 0 Å². The number of benzene rings is 1. The van der Waals surface area contributed by atoms with Gasteiger partial charge in [-0.2, -0.15) is 11.8 Å². The minimum Gasteiger partial charge on any atom is -0.494 e. The number of nitrogens with one attached hydrogen (secondary N) is 1. The summed E-state index contributed by atoms with van der Waals surface area (Å²) in [5.41, 5.74) is 6.06. The number of nitrogens with zero attached hydrogens (tertiary/aromatic N) is 1. The van der Waals surface area contributed by atoms with E-state index < -0.39 is 18.2 Å². The third kappa shape index (κ3) is 7.53. The third-order valence-electron chi connectivity index (χ3n) is 3.66. The molecule has 1 aromatic rings. The Hall–Kier alpha value is -1.93. The lowest BCUT2D eigenvalue weighted by Crippen LogP contribution is -2.51. The number of amides is 3. The second kappa shape index (κ2) is 11.6. The summed E-state index contributed by atoms with van der Waals surface area (Å²) in [5.74, 6) is 1.13. The molecule has 146 valence electrons. The number of hydrogen-bond acceptors (Lipinski definition) is 5. The standard InChI is InChI=1S/C18H29N3O4S/c1-4-25-16-8-6-5-7-14(16)12-21(11-13(2)22)17(23)15(9-10-26-3)20-18(19)24/h5-8,13,15,22H,4,9-12H2,1-3H3,(H3,19,20,24)/t13-,15-/m0/s1. The van der Waals surface area contributed by atoms with Crippen molar-refractivity contribution in [1.82, 2.24) is 10.2 Å². The van der Waals surface area contributed by atoms with Crippen LogP contribution in [0.3, 0.4) is 0 Å². The number of hydrogen-bond donors (Lipinski definition) is 3. The first kappa shape index (κ1) is 22.1. The van der Waals surface area contributed by atoms with Gasteiger partial charge in [0.2, 0.25) is 5.91 Å². The molecule has 0 bridgehead atoms. The van der Waals surface area contributed by atoms with Crippen molar-refractivity contribution in [3.63, 3.8) is 0 Å². The van der Waals surface area contributed by atoms with Crippen LogP contribution in [-0.4, -0.2) is 59.3 Å². The van der Waals surface area contributed by atoms with E-state index in [4.69, 9.17) is 10.5 Å². The molecule has 26 heavy (non-hydrogen) atoms. The zero-order valence-electron chi connectivity index (χ0n) is 15.6. The van der Waals surface area contributed by atoms with E-state index in [1.165, 1.54) is 4.90 Å². The summed E-state index contributed by atoms with van der Waals surface area (Å²) in [6.07, 6.45) is 1.69. The summed E-state index contributed by atoms with van der Waals surface area (Å²) in [6, 6.07) is 6.00. The lowest BCUT2D eigenvalue weighted by atomic mass is 10.1. The molecular weight excluding hydrogens is 354 g/mol. The van der Waals surface area contributed by atoms with Crippen LogP contribution in [0.4, 0.5) is 4.79 Å².